The Kier molecular flexibility index (Phi) is 6.18. The number of nitrogens with one attached hydrogen (secondary N) is 1. The molecule has 1 aliphatic heterocycles. The van der Waals surface area contributed by atoms with Gasteiger partial charge < -0.3 is 25.8 Å². The quantitative estimate of drug-likeness (QED) is 0.311. The van der Waals surface area contributed by atoms with E-state index in [0.717, 1.165) is 0 Å². The Hall–Kier alpha value is -2.43. The lowest BCUT2D eigenvalue weighted by Gasteiger charge is -2.24. The summed E-state index contributed by atoms with van der Waals surface area (Å²) in [6, 6.07) is 0. The molecule has 1 aliphatic rings. The molecule has 1 saturated heterocycles. The molecule has 14 nitrogen and oxygen atoms in total. The number of imidazole rings is 1. The summed E-state index contributed by atoms with van der Waals surface area (Å²) in [5, 5.41) is 30.5. The summed E-state index contributed by atoms with van der Waals surface area (Å²) < 4.78 is 37.2. The number of carbonyl (C=O) groups excluding carboxylic acids is 1. The van der Waals surface area contributed by atoms with Crippen LogP contribution in [-0.4, -0.2) is 80.2 Å². The van der Waals surface area contributed by atoms with E-state index in [1.165, 1.54) is 17.2 Å². The normalized spacial score (nSPS) is 25.6. The lowest BCUT2D eigenvalue weighted by Crippen LogP contribution is -2.46. The molecule has 2 aromatic rings. The number of aliphatic hydroxyl groups is 3. The van der Waals surface area contributed by atoms with Gasteiger partial charge in [0.1, 0.15) is 36.3 Å². The maximum absolute atomic E-state index is 12.0. The summed E-state index contributed by atoms with van der Waals surface area (Å²) in [5.74, 6) is -1.06. The maximum atomic E-state index is 12.0. The summed E-state index contributed by atoms with van der Waals surface area (Å²) in [5.41, 5.74) is 5.32. The van der Waals surface area contributed by atoms with Crippen LogP contribution in [0.2, 0.25) is 0 Å². The van der Waals surface area contributed by atoms with Gasteiger partial charge in [-0.1, -0.05) is 20.8 Å². The van der Waals surface area contributed by atoms with E-state index in [-0.39, 0.29) is 17.0 Å². The highest BCUT2D eigenvalue weighted by Gasteiger charge is 2.45. The molecule has 0 saturated carbocycles. The van der Waals surface area contributed by atoms with Gasteiger partial charge in [-0.2, -0.15) is 8.42 Å². The van der Waals surface area contributed by atoms with Crippen LogP contribution < -0.4 is 10.5 Å². The number of aromatic nitrogens is 4. The number of ether oxygens (including phenoxy) is 1. The fraction of sp³-hybridized carbons (Fsp3) is 0.625. The van der Waals surface area contributed by atoms with Crippen molar-refractivity contribution < 1.29 is 37.5 Å². The molecule has 15 heteroatoms. The van der Waals surface area contributed by atoms with Crippen molar-refractivity contribution in [1.29, 1.82) is 0 Å². The van der Waals surface area contributed by atoms with E-state index in [9.17, 15) is 28.5 Å². The lowest BCUT2D eigenvalue weighted by atomic mass is 9.89. The number of hydrogen-bond donors (Lipinski definition) is 5. The molecule has 1 fully saturated rings. The van der Waals surface area contributed by atoms with E-state index in [0.29, 0.717) is 0 Å². The first kappa shape index (κ1) is 23.2. The van der Waals surface area contributed by atoms with Gasteiger partial charge in [0.25, 0.3) is 5.91 Å². The van der Waals surface area contributed by atoms with Crippen LogP contribution in [0, 0.1) is 5.41 Å². The third kappa shape index (κ3) is 4.76. The number of fused-ring (bicyclic) bond motifs is 1. The highest BCUT2D eigenvalue weighted by molar-refractivity contribution is 7.85. The second kappa shape index (κ2) is 8.25. The summed E-state index contributed by atoms with van der Waals surface area (Å²) in [7, 11) is -4.61. The lowest BCUT2D eigenvalue weighted by molar-refractivity contribution is -0.132. The van der Waals surface area contributed by atoms with Gasteiger partial charge in [0, 0.05) is 0 Å². The molecule has 0 aliphatic carbocycles. The van der Waals surface area contributed by atoms with Crippen molar-refractivity contribution in [3.05, 3.63) is 12.7 Å². The standard InChI is InChI=1S/C16H24N6O8S/c1-16(2,3)11(25)14(26)21-31(27,28)29-4-7-9(23)10(24)15(30-7)22-6-20-8-12(17)18-5-19-13(8)22/h5-7,9-11,15,23-25H,4H2,1-3H3,(H,21,26)(H2,17,18,19)/t7-,9-,10+,11+,15-/m1/s1. The zero-order chi connectivity index (χ0) is 23.1. The number of nitrogens with two attached hydrogens (primary N) is 1. The number of anilines is 1. The zero-order valence-corrected chi connectivity index (χ0v) is 17.7. The van der Waals surface area contributed by atoms with Crippen molar-refractivity contribution in [2.24, 2.45) is 5.41 Å². The largest absolute Gasteiger partial charge is 0.387 e. The van der Waals surface area contributed by atoms with E-state index in [1.54, 1.807) is 25.5 Å². The van der Waals surface area contributed by atoms with Gasteiger partial charge in [0.2, 0.25) is 0 Å². The highest BCUT2D eigenvalue weighted by atomic mass is 32.2. The van der Waals surface area contributed by atoms with Gasteiger partial charge in [-0.3, -0.25) is 13.5 Å². The van der Waals surface area contributed by atoms with Crippen molar-refractivity contribution in [3.63, 3.8) is 0 Å². The van der Waals surface area contributed by atoms with Gasteiger partial charge in [-0.25, -0.2) is 19.7 Å². The van der Waals surface area contributed by atoms with Gasteiger partial charge in [-0.15, -0.1) is 0 Å². The fourth-order valence-electron chi connectivity index (χ4n) is 2.91. The van der Waals surface area contributed by atoms with Gasteiger partial charge >= 0.3 is 10.3 Å². The van der Waals surface area contributed by atoms with Crippen LogP contribution in [0.3, 0.4) is 0 Å². The van der Waals surface area contributed by atoms with E-state index in [4.69, 9.17) is 14.7 Å². The molecule has 3 heterocycles. The Labute approximate surface area is 177 Å². The van der Waals surface area contributed by atoms with Crippen molar-refractivity contribution in [2.75, 3.05) is 12.3 Å². The molecule has 5 atom stereocenters. The highest BCUT2D eigenvalue weighted by Crippen LogP contribution is 2.32. The van der Waals surface area contributed by atoms with Crippen LogP contribution in [0.15, 0.2) is 12.7 Å². The van der Waals surface area contributed by atoms with Crippen molar-refractivity contribution >= 4 is 33.2 Å². The van der Waals surface area contributed by atoms with E-state index in [2.05, 4.69) is 15.0 Å². The molecular formula is C16H24N6O8S. The molecule has 0 spiro atoms. The van der Waals surface area contributed by atoms with E-state index in [1.807, 2.05) is 0 Å². The van der Waals surface area contributed by atoms with Crippen molar-refractivity contribution in [3.8, 4) is 0 Å². The summed E-state index contributed by atoms with van der Waals surface area (Å²) in [6.07, 6.45) is -4.55. The molecule has 2 aromatic heterocycles. The number of carbonyl (C=O) groups is 1. The monoisotopic (exact) mass is 460 g/mol. The fourth-order valence-corrected chi connectivity index (χ4v) is 3.64. The molecule has 172 valence electrons. The average molecular weight is 460 g/mol. The Bertz CT molecular complexity index is 1070. The van der Waals surface area contributed by atoms with Crippen molar-refractivity contribution in [1.82, 2.24) is 24.2 Å². The number of hydrogen-bond acceptors (Lipinski definition) is 12. The predicted octanol–water partition coefficient (Wildman–Crippen LogP) is -2.19. The molecule has 31 heavy (non-hydrogen) atoms. The second-order valence-electron chi connectivity index (χ2n) is 8.10. The van der Waals surface area contributed by atoms with Crippen LogP contribution >= 0.6 is 0 Å². The van der Waals surface area contributed by atoms with Gasteiger partial charge in [-0.05, 0) is 5.41 Å². The van der Waals surface area contributed by atoms with Gasteiger partial charge in [0.05, 0.1) is 12.9 Å². The zero-order valence-electron chi connectivity index (χ0n) is 16.9. The molecular weight excluding hydrogens is 436 g/mol. The van der Waals surface area contributed by atoms with Crippen LogP contribution in [0.1, 0.15) is 27.0 Å². The second-order valence-corrected chi connectivity index (χ2v) is 9.45. The minimum atomic E-state index is -4.61. The summed E-state index contributed by atoms with van der Waals surface area (Å²) >= 11 is 0. The first-order valence-electron chi connectivity index (χ1n) is 9.15. The molecule has 0 unspecified atom stereocenters. The topological polar surface area (TPSA) is 212 Å². The first-order chi connectivity index (χ1) is 14.3. The average Bonchev–Trinajstić information content (AvgIpc) is 3.21. The number of amides is 1. The van der Waals surface area contributed by atoms with Crippen LogP contribution in [0.4, 0.5) is 5.82 Å². The van der Waals surface area contributed by atoms with Crippen LogP contribution in [0.5, 0.6) is 0 Å². The Morgan fingerprint density at radius 2 is 2.00 bits per heavy atom. The molecule has 1 amide bonds. The Morgan fingerprint density at radius 1 is 1.32 bits per heavy atom. The minimum absolute atomic E-state index is 0.107. The smallest absolute Gasteiger partial charge is 0.362 e. The molecule has 0 aromatic carbocycles. The number of aliphatic hydroxyl groups excluding tert-OH is 3. The maximum Gasteiger partial charge on any atom is 0.362 e. The summed E-state index contributed by atoms with van der Waals surface area (Å²) in [6.45, 7) is 3.93. The van der Waals surface area contributed by atoms with Gasteiger partial charge in [0.15, 0.2) is 17.7 Å². The van der Waals surface area contributed by atoms with E-state index >= 15 is 0 Å². The summed E-state index contributed by atoms with van der Waals surface area (Å²) in [4.78, 5) is 23.8. The third-order valence-electron chi connectivity index (χ3n) is 4.68. The third-order valence-corrected chi connectivity index (χ3v) is 5.58. The van der Waals surface area contributed by atoms with Crippen LogP contribution in [0.25, 0.3) is 11.2 Å². The predicted molar refractivity (Wildman–Crippen MR) is 104 cm³/mol. The molecule has 3 rings (SSSR count). The van der Waals surface area contributed by atoms with E-state index < -0.39 is 58.9 Å². The van der Waals surface area contributed by atoms with Crippen LogP contribution in [-0.2, 0) is 24.0 Å². The number of nitrogens with zero attached hydrogens (tertiary/aromatic N) is 4. The number of nitrogen functional groups attached to an aromatic ring is 1. The SMILES string of the molecule is CC(C)(C)[C@@H](O)C(=O)NS(=O)(=O)OC[C@H]1O[C@@H](n2cnc3c(N)ncnc32)[C@@H](O)[C@@H]1O. The van der Waals surface area contributed by atoms with Crippen molar-refractivity contribution in [2.45, 2.75) is 51.4 Å². The molecule has 6 N–H and O–H groups in total. The molecule has 0 bridgehead atoms. The number of rotatable bonds is 6. The first-order valence-corrected chi connectivity index (χ1v) is 10.6. The molecule has 0 radical (unpaired) electrons. The minimum Gasteiger partial charge on any atom is -0.387 e. The Morgan fingerprint density at radius 3 is 2.65 bits per heavy atom. The Balaban J connectivity index is 1.68.